The van der Waals surface area contributed by atoms with Crippen molar-refractivity contribution >= 4 is 11.6 Å². The Hall–Kier alpha value is -3.39. The highest BCUT2D eigenvalue weighted by Gasteiger charge is 2.16. The molecule has 0 bridgehead atoms. The Morgan fingerprint density at radius 1 is 1.07 bits per heavy atom. The van der Waals surface area contributed by atoms with E-state index < -0.39 is 0 Å². The van der Waals surface area contributed by atoms with Crippen molar-refractivity contribution < 1.29 is 9.13 Å². The third-order valence-corrected chi connectivity index (χ3v) is 5.03. The smallest absolute Gasteiger partial charge is 0.223 e. The molecule has 1 aliphatic rings. The topological polar surface area (TPSA) is 77.2 Å². The van der Waals surface area contributed by atoms with Gasteiger partial charge in [-0.25, -0.2) is 14.4 Å². The van der Waals surface area contributed by atoms with Gasteiger partial charge in [-0.05, 0) is 43.2 Å². The average molecular weight is 390 g/mol. The predicted molar refractivity (Wildman–Crippen MR) is 107 cm³/mol. The predicted octanol–water partition coefficient (Wildman–Crippen LogP) is 3.58. The Balaban J connectivity index is 1.45. The molecule has 1 aromatic carbocycles. The van der Waals surface area contributed by atoms with Gasteiger partial charge in [0.15, 0.2) is 11.5 Å². The van der Waals surface area contributed by atoms with Crippen LogP contribution < -0.4 is 5.32 Å². The van der Waals surface area contributed by atoms with Crippen molar-refractivity contribution in [2.45, 2.75) is 18.9 Å². The molecule has 0 saturated carbocycles. The summed E-state index contributed by atoms with van der Waals surface area (Å²) in [7, 11) is 0. The van der Waals surface area contributed by atoms with Crippen molar-refractivity contribution in [3.8, 4) is 22.6 Å². The first-order chi connectivity index (χ1) is 14.3. The van der Waals surface area contributed by atoms with Crippen LogP contribution in [0.5, 0.6) is 0 Å². The van der Waals surface area contributed by atoms with Gasteiger partial charge in [-0.3, -0.25) is 4.40 Å². The van der Waals surface area contributed by atoms with E-state index in [1.807, 2.05) is 24.4 Å². The molecule has 146 valence electrons. The molecular formula is C21H19FN6O. The lowest BCUT2D eigenvalue weighted by Crippen LogP contribution is -2.28. The standard InChI is InChI=1S/C21H19FN6O/c22-17-4-2-1-3-16(17)20-27-26-19-13-14(6-10-28(19)20)18-5-9-23-21(25-18)24-15-7-11-29-12-8-15/h1-6,9-10,13,15H,7-8,11-12H2,(H,23,24,25). The molecule has 1 saturated heterocycles. The third-order valence-electron chi connectivity index (χ3n) is 5.03. The van der Waals surface area contributed by atoms with Crippen molar-refractivity contribution in [2.24, 2.45) is 0 Å². The van der Waals surface area contributed by atoms with Crippen LogP contribution in [0.4, 0.5) is 10.3 Å². The van der Waals surface area contributed by atoms with E-state index in [1.165, 1.54) is 6.07 Å². The quantitative estimate of drug-likeness (QED) is 0.574. The minimum atomic E-state index is -0.328. The average Bonchev–Trinajstić information content (AvgIpc) is 3.18. The van der Waals surface area contributed by atoms with E-state index in [9.17, 15) is 4.39 Å². The largest absolute Gasteiger partial charge is 0.381 e. The number of pyridine rings is 1. The van der Waals surface area contributed by atoms with E-state index in [4.69, 9.17) is 4.74 Å². The zero-order chi connectivity index (χ0) is 19.6. The Kier molecular flexibility index (Phi) is 4.61. The normalized spacial score (nSPS) is 14.9. The summed E-state index contributed by atoms with van der Waals surface area (Å²) in [5, 5.41) is 11.8. The summed E-state index contributed by atoms with van der Waals surface area (Å²) in [4.78, 5) is 8.98. The number of anilines is 1. The molecule has 0 amide bonds. The number of benzene rings is 1. The highest BCUT2D eigenvalue weighted by atomic mass is 19.1. The molecule has 4 aromatic rings. The monoisotopic (exact) mass is 390 g/mol. The maximum absolute atomic E-state index is 14.1. The van der Waals surface area contributed by atoms with Gasteiger partial charge in [0.2, 0.25) is 5.95 Å². The lowest BCUT2D eigenvalue weighted by atomic mass is 10.1. The van der Waals surface area contributed by atoms with Gasteiger partial charge in [0.1, 0.15) is 5.82 Å². The van der Waals surface area contributed by atoms with Crippen LogP contribution in [0, 0.1) is 5.82 Å². The summed E-state index contributed by atoms with van der Waals surface area (Å²) in [6, 6.07) is 12.5. The molecule has 0 aliphatic carbocycles. The maximum atomic E-state index is 14.1. The molecule has 7 nitrogen and oxygen atoms in total. The second kappa shape index (κ2) is 7.56. The van der Waals surface area contributed by atoms with Crippen LogP contribution in [0.2, 0.25) is 0 Å². The molecule has 0 atom stereocenters. The number of aromatic nitrogens is 5. The second-order valence-corrected chi connectivity index (χ2v) is 6.94. The number of ether oxygens (including phenoxy) is 1. The van der Waals surface area contributed by atoms with E-state index >= 15 is 0 Å². The number of hydrogen-bond acceptors (Lipinski definition) is 6. The third kappa shape index (κ3) is 3.54. The molecule has 1 aliphatic heterocycles. The van der Waals surface area contributed by atoms with Crippen molar-refractivity contribution in [1.29, 1.82) is 0 Å². The molecule has 1 N–H and O–H groups in total. The van der Waals surface area contributed by atoms with Crippen LogP contribution in [0.25, 0.3) is 28.3 Å². The van der Waals surface area contributed by atoms with Crippen LogP contribution in [-0.2, 0) is 4.74 Å². The first-order valence-electron chi connectivity index (χ1n) is 9.55. The number of nitrogens with zero attached hydrogens (tertiary/aromatic N) is 5. The van der Waals surface area contributed by atoms with Crippen molar-refractivity contribution in [3.05, 3.63) is 60.7 Å². The molecule has 0 radical (unpaired) electrons. The van der Waals surface area contributed by atoms with Crippen LogP contribution in [0.3, 0.4) is 0 Å². The number of rotatable bonds is 4. The minimum absolute atomic E-state index is 0.321. The van der Waals surface area contributed by atoms with Crippen LogP contribution >= 0.6 is 0 Å². The fraction of sp³-hybridized carbons (Fsp3) is 0.238. The first kappa shape index (κ1) is 17.7. The van der Waals surface area contributed by atoms with Gasteiger partial charge in [-0.1, -0.05) is 12.1 Å². The molecule has 0 unspecified atom stereocenters. The molecule has 8 heteroatoms. The van der Waals surface area contributed by atoms with Crippen LogP contribution in [0.1, 0.15) is 12.8 Å². The molecule has 1 fully saturated rings. The lowest BCUT2D eigenvalue weighted by molar-refractivity contribution is 0.0903. The van der Waals surface area contributed by atoms with Crippen LogP contribution in [0.15, 0.2) is 54.9 Å². The SMILES string of the molecule is Fc1ccccc1-c1nnc2cc(-c3ccnc(NC4CCOCC4)n3)ccn12. The zero-order valence-corrected chi connectivity index (χ0v) is 15.6. The van der Waals surface area contributed by atoms with Crippen molar-refractivity contribution in [3.63, 3.8) is 0 Å². The van der Waals surface area contributed by atoms with E-state index in [0.717, 1.165) is 37.3 Å². The molecule has 29 heavy (non-hydrogen) atoms. The van der Waals surface area contributed by atoms with E-state index in [0.29, 0.717) is 29.0 Å². The van der Waals surface area contributed by atoms with Gasteiger partial charge in [-0.2, -0.15) is 0 Å². The maximum Gasteiger partial charge on any atom is 0.223 e. The van der Waals surface area contributed by atoms with Crippen molar-refractivity contribution in [2.75, 3.05) is 18.5 Å². The summed E-state index contributed by atoms with van der Waals surface area (Å²) in [5.74, 6) is 0.738. The van der Waals surface area contributed by atoms with Gasteiger partial charge in [0, 0.05) is 37.2 Å². The fourth-order valence-corrected chi connectivity index (χ4v) is 3.49. The number of nitrogens with one attached hydrogen (secondary N) is 1. The Labute approximate surface area is 166 Å². The lowest BCUT2D eigenvalue weighted by Gasteiger charge is -2.23. The zero-order valence-electron chi connectivity index (χ0n) is 15.6. The first-order valence-corrected chi connectivity index (χ1v) is 9.55. The Bertz CT molecular complexity index is 1150. The summed E-state index contributed by atoms with van der Waals surface area (Å²) in [5.41, 5.74) is 2.71. The van der Waals surface area contributed by atoms with Crippen molar-refractivity contribution in [1.82, 2.24) is 24.6 Å². The minimum Gasteiger partial charge on any atom is -0.381 e. The van der Waals surface area contributed by atoms with E-state index in [1.54, 1.807) is 28.8 Å². The number of halogens is 1. The number of hydrogen-bond donors (Lipinski definition) is 1. The highest BCUT2D eigenvalue weighted by molar-refractivity contribution is 5.67. The summed E-state index contributed by atoms with van der Waals surface area (Å²) in [6.45, 7) is 1.51. The summed E-state index contributed by atoms with van der Waals surface area (Å²) < 4.78 is 21.3. The molecular weight excluding hydrogens is 371 g/mol. The van der Waals surface area contributed by atoms with Gasteiger partial charge >= 0.3 is 0 Å². The summed E-state index contributed by atoms with van der Waals surface area (Å²) in [6.07, 6.45) is 5.46. The fourth-order valence-electron chi connectivity index (χ4n) is 3.49. The van der Waals surface area contributed by atoms with Gasteiger partial charge < -0.3 is 10.1 Å². The van der Waals surface area contributed by atoms with E-state index in [2.05, 4.69) is 25.5 Å². The summed E-state index contributed by atoms with van der Waals surface area (Å²) >= 11 is 0. The number of fused-ring (bicyclic) bond motifs is 1. The van der Waals surface area contributed by atoms with Gasteiger partial charge in [-0.15, -0.1) is 10.2 Å². The Morgan fingerprint density at radius 2 is 1.93 bits per heavy atom. The van der Waals surface area contributed by atoms with Gasteiger partial charge in [0.25, 0.3) is 0 Å². The Morgan fingerprint density at radius 3 is 2.79 bits per heavy atom. The second-order valence-electron chi connectivity index (χ2n) is 6.94. The molecule has 0 spiro atoms. The molecule has 4 heterocycles. The van der Waals surface area contributed by atoms with E-state index in [-0.39, 0.29) is 5.82 Å². The molecule has 5 rings (SSSR count). The van der Waals surface area contributed by atoms with Gasteiger partial charge in [0.05, 0.1) is 11.3 Å². The molecule has 3 aromatic heterocycles. The highest BCUT2D eigenvalue weighted by Crippen LogP contribution is 2.25. The van der Waals surface area contributed by atoms with Crippen LogP contribution in [-0.4, -0.2) is 43.8 Å².